The van der Waals surface area contributed by atoms with Gasteiger partial charge in [0.05, 0.1) is 0 Å². The van der Waals surface area contributed by atoms with Gasteiger partial charge in [0.15, 0.2) is 0 Å². The van der Waals surface area contributed by atoms with E-state index in [0.717, 1.165) is 37.5 Å². The van der Waals surface area contributed by atoms with E-state index in [-0.39, 0.29) is 19.5 Å². The third kappa shape index (κ3) is 14.4. The molecule has 0 heterocycles. The first-order chi connectivity index (χ1) is 11.6. The minimum atomic E-state index is -0.647. The zero-order valence-electron chi connectivity index (χ0n) is 15.9. The molecular formula is C20H36O4Zn. The quantitative estimate of drug-likeness (QED) is 0.512. The van der Waals surface area contributed by atoms with Gasteiger partial charge in [-0.15, -0.1) is 0 Å². The van der Waals surface area contributed by atoms with Crippen LogP contribution in [0.5, 0.6) is 0 Å². The van der Waals surface area contributed by atoms with Gasteiger partial charge in [0, 0.05) is 32.3 Å². The zero-order chi connectivity index (χ0) is 17.6. The molecule has 0 aromatic rings. The van der Waals surface area contributed by atoms with E-state index >= 15 is 0 Å². The number of carboxylic acid groups (broad SMARTS) is 2. The Labute approximate surface area is 165 Å². The summed E-state index contributed by atoms with van der Waals surface area (Å²) in [5.74, 6) is 0.368. The molecule has 2 saturated carbocycles. The fourth-order valence-corrected chi connectivity index (χ4v) is 4.04. The Balaban J connectivity index is 0.000000443. The third-order valence-electron chi connectivity index (χ3n) is 5.46. The maximum Gasteiger partial charge on any atom is 0.303 e. The van der Waals surface area contributed by atoms with Gasteiger partial charge >= 0.3 is 11.9 Å². The van der Waals surface area contributed by atoms with Gasteiger partial charge < -0.3 is 10.2 Å². The van der Waals surface area contributed by atoms with Gasteiger partial charge in [0.2, 0.25) is 0 Å². The van der Waals surface area contributed by atoms with Crippen LogP contribution in [0.25, 0.3) is 0 Å². The second kappa shape index (κ2) is 15.8. The SMILES string of the molecule is O=C(O)CCCC1CCCCC1.O=C(O)CCCC1CCCCC1.[Zn]. The number of carbonyl (C=O) groups is 2. The smallest absolute Gasteiger partial charge is 0.303 e. The molecule has 2 rings (SSSR count). The van der Waals surface area contributed by atoms with Crippen molar-refractivity contribution in [3.05, 3.63) is 0 Å². The maximum absolute atomic E-state index is 10.2. The molecule has 0 aliphatic heterocycles. The predicted octanol–water partition coefficient (Wildman–Crippen LogP) is 5.64. The van der Waals surface area contributed by atoms with Gasteiger partial charge in [-0.25, -0.2) is 0 Å². The predicted molar refractivity (Wildman–Crippen MR) is 96.1 cm³/mol. The molecule has 25 heavy (non-hydrogen) atoms. The fourth-order valence-electron chi connectivity index (χ4n) is 4.04. The zero-order valence-corrected chi connectivity index (χ0v) is 18.9. The summed E-state index contributed by atoms with van der Waals surface area (Å²) in [6, 6.07) is 0. The summed E-state index contributed by atoms with van der Waals surface area (Å²) < 4.78 is 0. The Morgan fingerprint density at radius 3 is 1.24 bits per heavy atom. The van der Waals surface area contributed by atoms with Gasteiger partial charge in [-0.2, -0.15) is 0 Å². The van der Waals surface area contributed by atoms with Crippen molar-refractivity contribution < 1.29 is 39.3 Å². The van der Waals surface area contributed by atoms with Gasteiger partial charge in [0.25, 0.3) is 0 Å². The standard InChI is InChI=1S/2C10H18O2.Zn/c2*11-10(12)8-4-7-9-5-2-1-3-6-9;/h2*9H,1-8H2,(H,11,12);. The minimum Gasteiger partial charge on any atom is -0.481 e. The van der Waals surface area contributed by atoms with Crippen LogP contribution in [0.4, 0.5) is 0 Å². The van der Waals surface area contributed by atoms with E-state index in [2.05, 4.69) is 0 Å². The Kier molecular flexibility index (Phi) is 15.5. The van der Waals surface area contributed by atoms with Crippen molar-refractivity contribution in [1.29, 1.82) is 0 Å². The summed E-state index contributed by atoms with van der Waals surface area (Å²) in [7, 11) is 0. The monoisotopic (exact) mass is 404 g/mol. The van der Waals surface area contributed by atoms with Crippen molar-refractivity contribution in [2.45, 2.75) is 103 Å². The van der Waals surface area contributed by atoms with Crippen LogP contribution in [-0.4, -0.2) is 22.2 Å². The number of aliphatic carboxylic acids is 2. The average Bonchev–Trinajstić information content (AvgIpc) is 2.57. The number of carboxylic acids is 2. The summed E-state index contributed by atoms with van der Waals surface area (Å²) in [5.41, 5.74) is 0. The first-order valence-corrected chi connectivity index (χ1v) is 10.0. The second-order valence-corrected chi connectivity index (χ2v) is 7.58. The Morgan fingerprint density at radius 2 is 0.960 bits per heavy atom. The third-order valence-corrected chi connectivity index (χ3v) is 5.46. The molecule has 0 atom stereocenters. The molecule has 2 aliphatic carbocycles. The van der Waals surface area contributed by atoms with E-state index in [4.69, 9.17) is 10.2 Å². The summed E-state index contributed by atoms with van der Waals surface area (Å²) in [6.07, 6.45) is 18.3. The molecule has 0 aromatic carbocycles. The van der Waals surface area contributed by atoms with Crippen LogP contribution in [0.2, 0.25) is 0 Å². The molecule has 0 bridgehead atoms. The summed E-state index contributed by atoms with van der Waals surface area (Å²) in [5, 5.41) is 16.9. The Hall–Kier alpha value is -0.437. The number of hydrogen-bond donors (Lipinski definition) is 2. The van der Waals surface area contributed by atoms with Gasteiger partial charge in [-0.05, 0) is 37.5 Å². The number of rotatable bonds is 8. The van der Waals surface area contributed by atoms with Gasteiger partial charge in [-0.1, -0.05) is 64.2 Å². The summed E-state index contributed by atoms with van der Waals surface area (Å²) >= 11 is 0. The van der Waals surface area contributed by atoms with Crippen LogP contribution >= 0.6 is 0 Å². The number of hydrogen-bond acceptors (Lipinski definition) is 2. The molecule has 5 heteroatoms. The van der Waals surface area contributed by atoms with Crippen LogP contribution in [-0.2, 0) is 29.1 Å². The first kappa shape index (κ1) is 24.6. The van der Waals surface area contributed by atoms with Crippen LogP contribution in [0.3, 0.4) is 0 Å². The topological polar surface area (TPSA) is 74.6 Å². The van der Waals surface area contributed by atoms with E-state index in [1.54, 1.807) is 0 Å². The van der Waals surface area contributed by atoms with Crippen molar-refractivity contribution in [1.82, 2.24) is 0 Å². The van der Waals surface area contributed by atoms with Crippen LogP contribution < -0.4 is 0 Å². The molecule has 2 fully saturated rings. The second-order valence-electron chi connectivity index (χ2n) is 7.58. The van der Waals surface area contributed by atoms with Crippen LogP contribution in [0, 0.1) is 11.8 Å². The molecule has 2 aliphatic rings. The molecule has 0 amide bonds. The minimum absolute atomic E-state index is 0. The van der Waals surface area contributed by atoms with Crippen LogP contribution in [0.1, 0.15) is 103 Å². The molecule has 0 radical (unpaired) electrons. The molecule has 0 aromatic heterocycles. The Bertz CT molecular complexity index is 314. The normalized spacial score (nSPS) is 18.6. The maximum atomic E-state index is 10.2. The fraction of sp³-hybridized carbons (Fsp3) is 0.900. The van der Waals surface area contributed by atoms with Gasteiger partial charge in [-0.3, -0.25) is 9.59 Å². The molecule has 2 N–H and O–H groups in total. The van der Waals surface area contributed by atoms with E-state index in [1.165, 1.54) is 64.2 Å². The first-order valence-electron chi connectivity index (χ1n) is 10.0. The average molecular weight is 406 g/mol. The largest absolute Gasteiger partial charge is 0.481 e. The van der Waals surface area contributed by atoms with Crippen molar-refractivity contribution in [3.8, 4) is 0 Å². The van der Waals surface area contributed by atoms with Crippen molar-refractivity contribution in [3.63, 3.8) is 0 Å². The van der Waals surface area contributed by atoms with Crippen molar-refractivity contribution in [2.75, 3.05) is 0 Å². The van der Waals surface area contributed by atoms with Crippen LogP contribution in [0.15, 0.2) is 0 Å². The summed E-state index contributed by atoms with van der Waals surface area (Å²) in [6.45, 7) is 0. The van der Waals surface area contributed by atoms with E-state index in [9.17, 15) is 9.59 Å². The van der Waals surface area contributed by atoms with Crippen molar-refractivity contribution in [2.24, 2.45) is 11.8 Å². The molecule has 0 saturated heterocycles. The summed E-state index contributed by atoms with van der Waals surface area (Å²) in [4.78, 5) is 20.5. The Morgan fingerprint density at radius 1 is 0.640 bits per heavy atom. The van der Waals surface area contributed by atoms with Gasteiger partial charge in [0.1, 0.15) is 0 Å². The molecule has 0 spiro atoms. The molecule has 142 valence electrons. The van der Waals surface area contributed by atoms with E-state index in [1.807, 2.05) is 0 Å². The van der Waals surface area contributed by atoms with E-state index < -0.39 is 11.9 Å². The molecular weight excluding hydrogens is 370 g/mol. The van der Waals surface area contributed by atoms with Crippen molar-refractivity contribution >= 4 is 11.9 Å². The van der Waals surface area contributed by atoms with E-state index in [0.29, 0.717) is 12.8 Å². The molecule has 0 unspecified atom stereocenters. The molecule has 4 nitrogen and oxygen atoms in total.